The van der Waals surface area contributed by atoms with Gasteiger partial charge in [0.25, 0.3) is 0 Å². The molecule has 17 heavy (non-hydrogen) atoms. The Morgan fingerprint density at radius 3 is 2.59 bits per heavy atom. The Labute approximate surface area is 107 Å². The molecule has 0 aromatic carbocycles. The van der Waals surface area contributed by atoms with Gasteiger partial charge in [-0.25, -0.2) is 9.18 Å². The Balaban J connectivity index is 0.00000144. The Bertz CT molecular complexity index is 296. The van der Waals surface area contributed by atoms with Crippen LogP contribution in [0.3, 0.4) is 0 Å². The number of alkyl halides is 1. The van der Waals surface area contributed by atoms with Crippen LogP contribution in [0.1, 0.15) is 20.8 Å². The summed E-state index contributed by atoms with van der Waals surface area (Å²) in [5.74, 6) is -0.0775. The van der Waals surface area contributed by atoms with E-state index in [1.165, 1.54) is 4.90 Å². The minimum absolute atomic E-state index is 0. The predicted molar refractivity (Wildman–Crippen MR) is 65.2 cm³/mol. The Hall–Kier alpha value is -0.550. The standard InChI is InChI=1S/C11H19FN2O2.ClH/c1-11(2,3)16-10(15)14-6-7-4-13-5-8(14)9(7)12;/h7-9,13H,4-6H2,1-3H3;1H. The summed E-state index contributed by atoms with van der Waals surface area (Å²) in [4.78, 5) is 13.4. The summed E-state index contributed by atoms with van der Waals surface area (Å²) in [6.07, 6.45) is -1.31. The van der Waals surface area contributed by atoms with Gasteiger partial charge in [-0.3, -0.25) is 0 Å². The van der Waals surface area contributed by atoms with Crippen molar-refractivity contribution >= 4 is 18.5 Å². The van der Waals surface area contributed by atoms with E-state index in [-0.39, 0.29) is 24.4 Å². The molecule has 2 aliphatic rings. The molecule has 6 heteroatoms. The molecule has 100 valence electrons. The van der Waals surface area contributed by atoms with Crippen molar-refractivity contribution in [3.8, 4) is 0 Å². The maximum Gasteiger partial charge on any atom is 0.410 e. The second kappa shape index (κ2) is 4.98. The number of halogens is 2. The minimum Gasteiger partial charge on any atom is -0.444 e. The lowest BCUT2D eigenvalue weighted by Crippen LogP contribution is -2.49. The van der Waals surface area contributed by atoms with Crippen LogP contribution >= 0.6 is 12.4 Å². The van der Waals surface area contributed by atoms with Gasteiger partial charge in [-0.2, -0.15) is 0 Å². The Kier molecular flexibility index (Phi) is 4.25. The average molecular weight is 267 g/mol. The fourth-order valence-electron chi connectivity index (χ4n) is 2.32. The van der Waals surface area contributed by atoms with Gasteiger partial charge in [0.15, 0.2) is 0 Å². The van der Waals surface area contributed by atoms with E-state index in [9.17, 15) is 9.18 Å². The summed E-state index contributed by atoms with van der Waals surface area (Å²) in [7, 11) is 0. The summed E-state index contributed by atoms with van der Waals surface area (Å²) in [6.45, 7) is 7.09. The van der Waals surface area contributed by atoms with Crippen molar-refractivity contribution in [3.63, 3.8) is 0 Å². The first-order chi connectivity index (χ1) is 7.38. The zero-order valence-corrected chi connectivity index (χ0v) is 11.2. The van der Waals surface area contributed by atoms with Crippen molar-refractivity contribution in [2.75, 3.05) is 19.6 Å². The lowest BCUT2D eigenvalue weighted by Gasteiger charge is -2.29. The first kappa shape index (κ1) is 14.5. The van der Waals surface area contributed by atoms with E-state index in [0.717, 1.165) is 0 Å². The molecule has 0 aromatic heterocycles. The first-order valence-corrected chi connectivity index (χ1v) is 5.73. The number of carbonyl (C=O) groups excluding carboxylic acids is 1. The van der Waals surface area contributed by atoms with Crippen LogP contribution in [-0.2, 0) is 4.74 Å². The monoisotopic (exact) mass is 266 g/mol. The van der Waals surface area contributed by atoms with Gasteiger partial charge in [-0.05, 0) is 20.8 Å². The normalized spacial score (nSPS) is 32.0. The third-order valence-corrected chi connectivity index (χ3v) is 3.04. The number of hydrogen-bond donors (Lipinski definition) is 1. The molecule has 0 spiro atoms. The molecular weight excluding hydrogens is 247 g/mol. The van der Waals surface area contributed by atoms with Crippen molar-refractivity contribution in [3.05, 3.63) is 0 Å². The molecule has 2 aliphatic heterocycles. The van der Waals surface area contributed by atoms with Gasteiger partial charge in [0.1, 0.15) is 11.8 Å². The third-order valence-electron chi connectivity index (χ3n) is 3.04. The summed E-state index contributed by atoms with van der Waals surface area (Å²) in [6, 6.07) is -0.353. The molecule has 2 heterocycles. The highest BCUT2D eigenvalue weighted by Crippen LogP contribution is 2.30. The number of piperidine rings is 1. The van der Waals surface area contributed by atoms with Gasteiger partial charge in [0.2, 0.25) is 0 Å². The highest BCUT2D eigenvalue weighted by molar-refractivity contribution is 5.85. The van der Waals surface area contributed by atoms with Crippen LogP contribution in [0.15, 0.2) is 0 Å². The number of carbonyl (C=O) groups is 1. The van der Waals surface area contributed by atoms with E-state index in [0.29, 0.717) is 19.6 Å². The number of amides is 1. The van der Waals surface area contributed by atoms with Gasteiger partial charge in [-0.15, -0.1) is 12.4 Å². The fraction of sp³-hybridized carbons (Fsp3) is 0.909. The molecule has 0 aromatic rings. The molecule has 3 unspecified atom stereocenters. The van der Waals surface area contributed by atoms with Gasteiger partial charge in [0.05, 0.1) is 6.04 Å². The smallest absolute Gasteiger partial charge is 0.410 e. The van der Waals surface area contributed by atoms with Crippen molar-refractivity contribution in [1.82, 2.24) is 10.2 Å². The van der Waals surface area contributed by atoms with E-state index in [2.05, 4.69) is 5.32 Å². The van der Waals surface area contributed by atoms with Crippen molar-refractivity contribution in [2.24, 2.45) is 5.92 Å². The van der Waals surface area contributed by atoms with Crippen LogP contribution in [0.4, 0.5) is 9.18 Å². The fourth-order valence-corrected chi connectivity index (χ4v) is 2.32. The maximum atomic E-state index is 13.8. The number of nitrogens with one attached hydrogen (secondary N) is 1. The zero-order valence-electron chi connectivity index (χ0n) is 10.4. The van der Waals surface area contributed by atoms with Crippen molar-refractivity contribution in [1.29, 1.82) is 0 Å². The molecule has 4 nitrogen and oxygen atoms in total. The van der Waals surface area contributed by atoms with E-state index in [1.807, 2.05) is 20.8 Å². The average Bonchev–Trinajstić information content (AvgIpc) is 2.35. The second-order valence-electron chi connectivity index (χ2n) is 5.56. The quantitative estimate of drug-likeness (QED) is 0.724. The van der Waals surface area contributed by atoms with Gasteiger partial charge >= 0.3 is 6.09 Å². The summed E-state index contributed by atoms with van der Waals surface area (Å²) >= 11 is 0. The molecule has 0 saturated carbocycles. The number of likely N-dealkylation sites (tertiary alicyclic amines) is 1. The minimum atomic E-state index is -0.909. The molecular formula is C11H20ClFN2O2. The van der Waals surface area contributed by atoms with Gasteiger partial charge in [-0.1, -0.05) is 0 Å². The van der Waals surface area contributed by atoms with Crippen LogP contribution in [0.2, 0.25) is 0 Å². The van der Waals surface area contributed by atoms with Gasteiger partial charge in [0, 0.05) is 25.6 Å². The highest BCUT2D eigenvalue weighted by Gasteiger charge is 2.47. The van der Waals surface area contributed by atoms with Crippen LogP contribution in [0.5, 0.6) is 0 Å². The lowest BCUT2D eigenvalue weighted by atomic mass is 10.00. The Morgan fingerprint density at radius 1 is 1.41 bits per heavy atom. The van der Waals surface area contributed by atoms with E-state index in [1.54, 1.807) is 0 Å². The Morgan fingerprint density at radius 2 is 2.06 bits per heavy atom. The molecule has 2 saturated heterocycles. The molecule has 3 atom stereocenters. The second-order valence-corrected chi connectivity index (χ2v) is 5.56. The molecule has 1 N–H and O–H groups in total. The largest absolute Gasteiger partial charge is 0.444 e. The number of hydrogen-bond acceptors (Lipinski definition) is 3. The maximum absolute atomic E-state index is 13.8. The van der Waals surface area contributed by atoms with Crippen LogP contribution in [-0.4, -0.2) is 48.4 Å². The number of ether oxygens (including phenoxy) is 1. The van der Waals surface area contributed by atoms with Crippen LogP contribution in [0.25, 0.3) is 0 Å². The zero-order chi connectivity index (χ0) is 11.9. The van der Waals surface area contributed by atoms with Crippen LogP contribution < -0.4 is 5.32 Å². The summed E-state index contributed by atoms with van der Waals surface area (Å²) < 4.78 is 19.1. The molecule has 2 rings (SSSR count). The van der Waals surface area contributed by atoms with E-state index >= 15 is 0 Å². The lowest BCUT2D eigenvalue weighted by molar-refractivity contribution is 0.0199. The van der Waals surface area contributed by atoms with E-state index in [4.69, 9.17) is 4.74 Å². The summed E-state index contributed by atoms with van der Waals surface area (Å²) in [5, 5.41) is 3.14. The summed E-state index contributed by atoms with van der Waals surface area (Å²) in [5.41, 5.74) is -0.521. The number of fused-ring (bicyclic) bond motifs is 2. The molecule has 1 amide bonds. The van der Waals surface area contributed by atoms with Crippen molar-refractivity contribution < 1.29 is 13.9 Å². The van der Waals surface area contributed by atoms with Gasteiger partial charge < -0.3 is 15.0 Å². The number of rotatable bonds is 0. The molecule has 0 aliphatic carbocycles. The molecule has 0 radical (unpaired) electrons. The van der Waals surface area contributed by atoms with E-state index < -0.39 is 17.9 Å². The number of nitrogens with zero attached hydrogens (tertiary/aromatic N) is 1. The predicted octanol–water partition coefficient (Wildman–Crippen LogP) is 1.58. The van der Waals surface area contributed by atoms with Crippen LogP contribution in [0, 0.1) is 5.92 Å². The molecule has 2 fully saturated rings. The topological polar surface area (TPSA) is 41.6 Å². The molecule has 2 bridgehead atoms. The van der Waals surface area contributed by atoms with Crippen molar-refractivity contribution in [2.45, 2.75) is 38.6 Å². The highest BCUT2D eigenvalue weighted by atomic mass is 35.5. The SMILES string of the molecule is CC(C)(C)OC(=O)N1CC2CNCC1C2F.Cl. The first-order valence-electron chi connectivity index (χ1n) is 5.73. The third kappa shape index (κ3) is 3.01.